The normalized spacial score (nSPS) is 13.6. The van der Waals surface area contributed by atoms with Gasteiger partial charge in [0.1, 0.15) is 5.75 Å². The first-order chi connectivity index (χ1) is 13.5. The number of aryl methyl sites for hydroxylation is 1. The lowest BCUT2D eigenvalue weighted by molar-refractivity contribution is 0.144. The molecule has 28 heavy (non-hydrogen) atoms. The van der Waals surface area contributed by atoms with Crippen molar-refractivity contribution in [3.05, 3.63) is 64.9 Å². The number of carbonyl (C=O) groups is 1. The summed E-state index contributed by atoms with van der Waals surface area (Å²) in [7, 11) is 1.78. The zero-order chi connectivity index (χ0) is 19.9. The van der Waals surface area contributed by atoms with Crippen LogP contribution in [0, 0.1) is 13.8 Å². The molecule has 6 nitrogen and oxygen atoms in total. The fourth-order valence-corrected chi connectivity index (χ4v) is 2.97. The molecule has 0 saturated heterocycles. The van der Waals surface area contributed by atoms with Gasteiger partial charge in [0.25, 0.3) is 0 Å². The highest BCUT2D eigenvalue weighted by Crippen LogP contribution is 2.25. The molecule has 2 aromatic rings. The van der Waals surface area contributed by atoms with Crippen molar-refractivity contribution in [1.29, 1.82) is 0 Å². The first-order valence-corrected chi connectivity index (χ1v) is 9.46. The van der Waals surface area contributed by atoms with Crippen molar-refractivity contribution in [2.24, 2.45) is 0 Å². The molecule has 0 aliphatic carbocycles. The minimum atomic E-state index is -0.125. The number of urea groups is 1. The van der Waals surface area contributed by atoms with Crippen LogP contribution >= 0.6 is 0 Å². The Morgan fingerprint density at radius 2 is 2.18 bits per heavy atom. The van der Waals surface area contributed by atoms with Crippen LogP contribution in [0.3, 0.4) is 0 Å². The quantitative estimate of drug-likeness (QED) is 0.769. The molecule has 0 unspecified atom stereocenters. The van der Waals surface area contributed by atoms with Gasteiger partial charge >= 0.3 is 6.03 Å². The molecule has 0 fully saturated rings. The van der Waals surface area contributed by atoms with Gasteiger partial charge in [-0.3, -0.25) is 0 Å². The molecule has 1 aliphatic rings. The average Bonchev–Trinajstić information content (AvgIpc) is 2.70. The molecule has 1 aromatic carbocycles. The molecule has 1 aromatic heterocycles. The van der Waals surface area contributed by atoms with Crippen LogP contribution in [0.1, 0.15) is 23.1 Å². The van der Waals surface area contributed by atoms with Gasteiger partial charge < -0.3 is 19.7 Å². The van der Waals surface area contributed by atoms with Crippen LogP contribution in [0.2, 0.25) is 0 Å². The Morgan fingerprint density at radius 3 is 2.96 bits per heavy atom. The highest BCUT2D eigenvalue weighted by molar-refractivity contribution is 5.74. The van der Waals surface area contributed by atoms with Crippen LogP contribution in [0.15, 0.2) is 48.2 Å². The number of aromatic nitrogens is 1. The molecule has 2 heterocycles. The first-order valence-electron chi connectivity index (χ1n) is 9.46. The molecule has 1 N–H and O–H groups in total. The van der Waals surface area contributed by atoms with Gasteiger partial charge in [-0.25, -0.2) is 9.78 Å². The Labute approximate surface area is 166 Å². The molecule has 3 rings (SSSR count). The SMILES string of the molecule is Cc1cccc(Oc2cc(CNC(=O)N(C)CC3=CCCOC3)ccn2)c1C. The monoisotopic (exact) mass is 381 g/mol. The molecule has 0 atom stereocenters. The van der Waals surface area contributed by atoms with Crippen LogP contribution in [0.4, 0.5) is 4.79 Å². The third kappa shape index (κ3) is 5.33. The van der Waals surface area contributed by atoms with Crippen molar-refractivity contribution >= 4 is 6.03 Å². The molecule has 0 saturated carbocycles. The standard InChI is InChI=1S/C22H27N3O3/c1-16-6-4-8-20(17(16)2)28-21-12-18(9-10-23-21)13-24-22(26)25(3)14-19-7-5-11-27-15-19/h4,6-10,12H,5,11,13-15H2,1-3H3,(H,24,26). The minimum absolute atomic E-state index is 0.125. The number of nitrogens with zero attached hydrogens (tertiary/aromatic N) is 2. The van der Waals surface area contributed by atoms with E-state index in [0.717, 1.165) is 35.5 Å². The number of rotatable bonds is 6. The third-order valence-electron chi connectivity index (χ3n) is 4.78. The highest BCUT2D eigenvalue weighted by Gasteiger charge is 2.12. The van der Waals surface area contributed by atoms with E-state index in [-0.39, 0.29) is 6.03 Å². The fourth-order valence-electron chi connectivity index (χ4n) is 2.97. The maximum atomic E-state index is 12.3. The summed E-state index contributed by atoms with van der Waals surface area (Å²) >= 11 is 0. The van der Waals surface area contributed by atoms with E-state index in [0.29, 0.717) is 25.6 Å². The number of likely N-dealkylation sites (N-methyl/N-ethyl adjacent to an activating group) is 1. The maximum Gasteiger partial charge on any atom is 0.317 e. The number of ether oxygens (including phenoxy) is 2. The molecule has 2 amide bonds. The van der Waals surface area contributed by atoms with Crippen molar-refractivity contribution in [2.45, 2.75) is 26.8 Å². The number of hydrogen-bond donors (Lipinski definition) is 1. The van der Waals surface area contributed by atoms with Crippen LogP contribution in [0.5, 0.6) is 11.6 Å². The second-order valence-corrected chi connectivity index (χ2v) is 7.02. The zero-order valence-electron chi connectivity index (χ0n) is 16.7. The van der Waals surface area contributed by atoms with E-state index in [1.54, 1.807) is 18.1 Å². The predicted molar refractivity (Wildman–Crippen MR) is 109 cm³/mol. The van der Waals surface area contributed by atoms with Gasteiger partial charge in [0, 0.05) is 32.4 Å². The van der Waals surface area contributed by atoms with Crippen molar-refractivity contribution in [1.82, 2.24) is 15.2 Å². The van der Waals surface area contributed by atoms with Crippen molar-refractivity contribution in [3.63, 3.8) is 0 Å². The zero-order valence-corrected chi connectivity index (χ0v) is 16.7. The summed E-state index contributed by atoms with van der Waals surface area (Å²) in [4.78, 5) is 18.3. The van der Waals surface area contributed by atoms with Gasteiger partial charge in [-0.2, -0.15) is 0 Å². The molecule has 148 valence electrons. The minimum Gasteiger partial charge on any atom is -0.439 e. The van der Waals surface area contributed by atoms with E-state index in [1.807, 2.05) is 44.2 Å². The summed E-state index contributed by atoms with van der Waals surface area (Å²) in [5.41, 5.74) is 4.32. The van der Waals surface area contributed by atoms with Crippen molar-refractivity contribution in [3.8, 4) is 11.6 Å². The van der Waals surface area contributed by atoms with Crippen molar-refractivity contribution < 1.29 is 14.3 Å². The number of benzene rings is 1. The lowest BCUT2D eigenvalue weighted by Gasteiger charge is -2.21. The van der Waals surface area contributed by atoms with Crippen molar-refractivity contribution in [2.75, 3.05) is 26.8 Å². The fraction of sp³-hybridized carbons (Fsp3) is 0.364. The topological polar surface area (TPSA) is 63.7 Å². The first kappa shape index (κ1) is 19.9. The predicted octanol–water partition coefficient (Wildman–Crippen LogP) is 3.98. The largest absolute Gasteiger partial charge is 0.439 e. The third-order valence-corrected chi connectivity index (χ3v) is 4.78. The lowest BCUT2D eigenvalue weighted by Crippen LogP contribution is -2.38. The van der Waals surface area contributed by atoms with Gasteiger partial charge in [-0.15, -0.1) is 0 Å². The van der Waals surface area contributed by atoms with Gasteiger partial charge in [-0.1, -0.05) is 18.2 Å². The highest BCUT2D eigenvalue weighted by atomic mass is 16.5. The maximum absolute atomic E-state index is 12.3. The summed E-state index contributed by atoms with van der Waals surface area (Å²) in [5, 5.41) is 2.94. The molecule has 0 radical (unpaired) electrons. The molecule has 6 heteroatoms. The Kier molecular flexibility index (Phi) is 6.66. The van der Waals surface area contributed by atoms with Gasteiger partial charge in [0.15, 0.2) is 0 Å². The van der Waals surface area contributed by atoms with E-state index in [1.165, 1.54) is 5.56 Å². The Morgan fingerprint density at radius 1 is 1.32 bits per heavy atom. The van der Waals surface area contributed by atoms with Crippen LogP contribution in [-0.4, -0.2) is 42.7 Å². The number of pyridine rings is 1. The summed E-state index contributed by atoms with van der Waals surface area (Å²) < 4.78 is 11.4. The number of nitrogens with one attached hydrogen (secondary N) is 1. The number of hydrogen-bond acceptors (Lipinski definition) is 4. The van der Waals surface area contributed by atoms with E-state index >= 15 is 0 Å². The van der Waals surface area contributed by atoms with E-state index in [4.69, 9.17) is 9.47 Å². The Bertz CT molecular complexity index is 864. The second kappa shape index (κ2) is 9.37. The summed E-state index contributed by atoms with van der Waals surface area (Å²) in [6.45, 7) is 6.41. The van der Waals surface area contributed by atoms with Crippen LogP contribution < -0.4 is 10.1 Å². The van der Waals surface area contributed by atoms with Crippen LogP contribution in [0.25, 0.3) is 0 Å². The van der Waals surface area contributed by atoms with Gasteiger partial charge in [0.2, 0.25) is 5.88 Å². The molecule has 0 spiro atoms. The number of amides is 2. The Balaban J connectivity index is 1.56. The summed E-state index contributed by atoms with van der Waals surface area (Å²) in [5.74, 6) is 1.30. The van der Waals surface area contributed by atoms with Gasteiger partial charge in [-0.05, 0) is 54.7 Å². The molecular formula is C22H27N3O3. The lowest BCUT2D eigenvalue weighted by atomic mass is 10.1. The second-order valence-electron chi connectivity index (χ2n) is 7.02. The summed E-state index contributed by atoms with van der Waals surface area (Å²) in [6.07, 6.45) is 4.74. The van der Waals surface area contributed by atoms with E-state index in [2.05, 4.69) is 16.4 Å². The van der Waals surface area contributed by atoms with Crippen LogP contribution in [-0.2, 0) is 11.3 Å². The Hall–Kier alpha value is -2.86. The molecule has 1 aliphatic heterocycles. The van der Waals surface area contributed by atoms with E-state index < -0.39 is 0 Å². The smallest absolute Gasteiger partial charge is 0.317 e. The number of carbonyl (C=O) groups excluding carboxylic acids is 1. The van der Waals surface area contributed by atoms with E-state index in [9.17, 15) is 4.79 Å². The summed E-state index contributed by atoms with van der Waals surface area (Å²) in [6, 6.07) is 9.53. The molecule has 0 bridgehead atoms. The molecular weight excluding hydrogens is 354 g/mol. The average molecular weight is 381 g/mol. The van der Waals surface area contributed by atoms with Gasteiger partial charge in [0.05, 0.1) is 13.2 Å².